The molecular weight excluding hydrogens is 502 g/mol. The lowest BCUT2D eigenvalue weighted by Crippen LogP contribution is -2.51. The number of hydrogen-bond acceptors (Lipinski definition) is 5. The summed E-state index contributed by atoms with van der Waals surface area (Å²) in [6, 6.07) is 21.4. The number of ether oxygens (including phenoxy) is 1. The van der Waals surface area contributed by atoms with Crippen molar-refractivity contribution in [2.45, 2.75) is 45.2 Å². The van der Waals surface area contributed by atoms with Gasteiger partial charge in [0.25, 0.3) is 10.0 Å². The highest BCUT2D eigenvalue weighted by Crippen LogP contribution is 2.26. The van der Waals surface area contributed by atoms with E-state index in [0.717, 1.165) is 15.4 Å². The van der Waals surface area contributed by atoms with Crippen LogP contribution in [0.15, 0.2) is 83.8 Å². The van der Waals surface area contributed by atoms with E-state index in [9.17, 15) is 18.0 Å². The molecule has 2 amide bonds. The lowest BCUT2D eigenvalue weighted by Gasteiger charge is -2.32. The highest BCUT2D eigenvalue weighted by atomic mass is 32.2. The molecule has 0 fully saturated rings. The van der Waals surface area contributed by atoms with Crippen molar-refractivity contribution < 1.29 is 22.7 Å². The topological polar surface area (TPSA) is 96.0 Å². The molecule has 0 aliphatic rings. The second-order valence-corrected chi connectivity index (χ2v) is 10.7. The van der Waals surface area contributed by atoms with Crippen LogP contribution in [-0.4, -0.2) is 50.9 Å². The summed E-state index contributed by atoms with van der Waals surface area (Å²) >= 11 is 0. The fourth-order valence-electron chi connectivity index (χ4n) is 3.92. The Morgan fingerprint density at radius 1 is 0.921 bits per heavy atom. The van der Waals surface area contributed by atoms with E-state index in [1.165, 1.54) is 17.0 Å². The van der Waals surface area contributed by atoms with Gasteiger partial charge in [-0.15, -0.1) is 0 Å². The first-order chi connectivity index (χ1) is 18.2. The van der Waals surface area contributed by atoms with Crippen molar-refractivity contribution in [3.05, 3.63) is 90.0 Å². The largest absolute Gasteiger partial charge is 0.494 e. The quantitative estimate of drug-likeness (QED) is 0.375. The van der Waals surface area contributed by atoms with Crippen molar-refractivity contribution in [1.82, 2.24) is 10.2 Å². The number of rotatable bonds is 12. The maximum absolute atomic E-state index is 13.8. The molecule has 0 aliphatic heterocycles. The van der Waals surface area contributed by atoms with E-state index in [-0.39, 0.29) is 17.3 Å². The Bertz CT molecular complexity index is 1310. The number of benzene rings is 3. The monoisotopic (exact) mass is 537 g/mol. The normalized spacial score (nSPS) is 11.9. The number of nitrogens with zero attached hydrogens (tertiary/aromatic N) is 2. The van der Waals surface area contributed by atoms with E-state index in [2.05, 4.69) is 5.32 Å². The van der Waals surface area contributed by atoms with E-state index in [0.29, 0.717) is 24.6 Å². The van der Waals surface area contributed by atoms with Gasteiger partial charge in [0.1, 0.15) is 18.3 Å². The summed E-state index contributed by atoms with van der Waals surface area (Å²) in [4.78, 5) is 28.0. The van der Waals surface area contributed by atoms with Crippen molar-refractivity contribution in [2.24, 2.45) is 0 Å². The molecule has 8 nitrogen and oxygen atoms in total. The minimum absolute atomic E-state index is 0.0273. The Hall–Kier alpha value is -3.85. The third-order valence-corrected chi connectivity index (χ3v) is 7.83. The number of carbonyl (C=O) groups is 2. The maximum Gasteiger partial charge on any atom is 0.264 e. The Morgan fingerprint density at radius 2 is 1.55 bits per heavy atom. The van der Waals surface area contributed by atoms with E-state index in [1.54, 1.807) is 56.3 Å². The zero-order valence-corrected chi connectivity index (χ0v) is 23.1. The van der Waals surface area contributed by atoms with Gasteiger partial charge in [-0.05, 0) is 69.7 Å². The van der Waals surface area contributed by atoms with Crippen molar-refractivity contribution >= 4 is 27.5 Å². The summed E-state index contributed by atoms with van der Waals surface area (Å²) in [6.07, 6.45) is 0. The molecule has 38 heavy (non-hydrogen) atoms. The minimum atomic E-state index is -4.12. The predicted molar refractivity (Wildman–Crippen MR) is 148 cm³/mol. The molecule has 0 spiro atoms. The third kappa shape index (κ3) is 7.13. The molecule has 0 saturated heterocycles. The molecule has 1 N–H and O–H groups in total. The number of likely N-dealkylation sites (N-methyl/N-ethyl adjacent to an activating group) is 1. The number of sulfonamides is 1. The minimum Gasteiger partial charge on any atom is -0.494 e. The van der Waals surface area contributed by atoms with Crippen LogP contribution in [0.25, 0.3) is 0 Å². The van der Waals surface area contributed by atoms with Gasteiger partial charge in [-0.25, -0.2) is 8.42 Å². The molecular formula is C29H35N3O5S. The number of carbonyl (C=O) groups excluding carboxylic acids is 2. The second-order valence-electron chi connectivity index (χ2n) is 8.83. The zero-order chi connectivity index (χ0) is 27.7. The Kier molecular flexibility index (Phi) is 9.90. The average molecular weight is 538 g/mol. The molecule has 9 heteroatoms. The van der Waals surface area contributed by atoms with Gasteiger partial charge in [-0.2, -0.15) is 0 Å². The molecule has 0 radical (unpaired) electrons. The summed E-state index contributed by atoms with van der Waals surface area (Å²) in [5.74, 6) is -0.259. The van der Waals surface area contributed by atoms with E-state index in [1.807, 2.05) is 38.1 Å². The zero-order valence-electron chi connectivity index (χ0n) is 22.3. The molecule has 0 unspecified atom stereocenters. The molecule has 0 aromatic heterocycles. The highest BCUT2D eigenvalue weighted by molar-refractivity contribution is 7.92. The van der Waals surface area contributed by atoms with E-state index < -0.39 is 28.5 Å². The van der Waals surface area contributed by atoms with Crippen molar-refractivity contribution in [1.29, 1.82) is 0 Å². The first-order valence-electron chi connectivity index (χ1n) is 12.6. The summed E-state index contributed by atoms with van der Waals surface area (Å²) in [6.45, 7) is 7.81. The molecule has 0 bridgehead atoms. The van der Waals surface area contributed by atoms with Crippen molar-refractivity contribution in [3.63, 3.8) is 0 Å². The number of aryl methyl sites for hydroxylation is 1. The molecule has 3 aromatic carbocycles. The molecule has 202 valence electrons. The van der Waals surface area contributed by atoms with Crippen LogP contribution in [-0.2, 0) is 26.2 Å². The summed E-state index contributed by atoms with van der Waals surface area (Å²) in [5, 5.41) is 2.76. The number of nitrogens with one attached hydrogen (secondary N) is 1. The smallest absolute Gasteiger partial charge is 0.264 e. The molecule has 1 atom stereocenters. The summed E-state index contributed by atoms with van der Waals surface area (Å²) < 4.78 is 34.1. The van der Waals surface area contributed by atoms with E-state index in [4.69, 9.17) is 4.74 Å². The van der Waals surface area contributed by atoms with Crippen LogP contribution < -0.4 is 14.4 Å². The SMILES string of the molecule is CCNC(=O)[C@H](C)N(Cc1ccc(C)cc1)C(=O)CN(c1ccccc1)S(=O)(=O)c1ccc(OCC)cc1. The molecule has 0 heterocycles. The molecule has 0 saturated carbocycles. The Balaban J connectivity index is 1.98. The van der Waals surface area contributed by atoms with Gasteiger partial charge in [-0.1, -0.05) is 48.0 Å². The maximum atomic E-state index is 13.8. The average Bonchev–Trinajstić information content (AvgIpc) is 2.92. The Morgan fingerprint density at radius 3 is 2.13 bits per heavy atom. The van der Waals surface area contributed by atoms with E-state index >= 15 is 0 Å². The number of anilines is 1. The van der Waals surface area contributed by atoms with Gasteiger partial charge >= 0.3 is 0 Å². The third-order valence-electron chi connectivity index (χ3n) is 6.04. The standard InChI is InChI=1S/C29H35N3O5S/c1-5-30-29(34)23(4)31(20-24-14-12-22(3)13-15-24)28(33)21-32(25-10-8-7-9-11-25)38(35,36)27-18-16-26(17-19-27)37-6-2/h7-19,23H,5-6,20-21H2,1-4H3,(H,30,34)/t23-/m0/s1. The highest BCUT2D eigenvalue weighted by Gasteiger charge is 2.32. The molecule has 3 rings (SSSR count). The first kappa shape index (κ1) is 28.7. The Labute approximate surface area is 225 Å². The van der Waals surface area contributed by atoms with Crippen LogP contribution in [0.5, 0.6) is 5.75 Å². The second kappa shape index (κ2) is 13.1. The van der Waals surface area contributed by atoms with Crippen LogP contribution >= 0.6 is 0 Å². The van der Waals surface area contributed by atoms with Crippen molar-refractivity contribution in [3.8, 4) is 5.75 Å². The van der Waals surface area contributed by atoms with Gasteiger partial charge in [-0.3, -0.25) is 13.9 Å². The van der Waals surface area contributed by atoms with Gasteiger partial charge in [0.2, 0.25) is 11.8 Å². The van der Waals surface area contributed by atoms with Crippen molar-refractivity contribution in [2.75, 3.05) is 24.0 Å². The lowest BCUT2D eigenvalue weighted by molar-refractivity contribution is -0.139. The van der Waals surface area contributed by atoms with Crippen LogP contribution in [0, 0.1) is 6.92 Å². The lowest BCUT2D eigenvalue weighted by atomic mass is 10.1. The van der Waals surface area contributed by atoms with Crippen LogP contribution in [0.3, 0.4) is 0 Å². The fourth-order valence-corrected chi connectivity index (χ4v) is 5.33. The summed E-state index contributed by atoms with van der Waals surface area (Å²) in [7, 11) is -4.12. The van der Waals surface area contributed by atoms with Crippen LogP contribution in [0.1, 0.15) is 31.9 Å². The number of amides is 2. The van der Waals surface area contributed by atoms with Gasteiger partial charge in [0.05, 0.1) is 17.2 Å². The van der Waals surface area contributed by atoms with Gasteiger partial charge < -0.3 is 15.0 Å². The van der Waals surface area contributed by atoms with Crippen LogP contribution in [0.4, 0.5) is 5.69 Å². The van der Waals surface area contributed by atoms with Crippen LogP contribution in [0.2, 0.25) is 0 Å². The fraction of sp³-hybridized carbons (Fsp3) is 0.310. The summed E-state index contributed by atoms with van der Waals surface area (Å²) in [5.41, 5.74) is 2.25. The number of para-hydroxylation sites is 1. The first-order valence-corrected chi connectivity index (χ1v) is 14.0. The van der Waals surface area contributed by atoms with Gasteiger partial charge in [0.15, 0.2) is 0 Å². The predicted octanol–water partition coefficient (Wildman–Crippen LogP) is 4.14. The van der Waals surface area contributed by atoms with Gasteiger partial charge in [0, 0.05) is 13.1 Å². The molecule has 0 aliphatic carbocycles. The number of hydrogen-bond donors (Lipinski definition) is 1. The molecule has 3 aromatic rings.